The van der Waals surface area contributed by atoms with Crippen molar-refractivity contribution in [3.8, 4) is 55.6 Å². The maximum Gasteiger partial charge on any atom is -0.00759 e. The molecule has 1 aliphatic carbocycles. The van der Waals surface area contributed by atoms with Crippen molar-refractivity contribution in [1.29, 1.82) is 0 Å². The number of hydrogen-bond acceptors (Lipinski definition) is 0. The first-order chi connectivity index (χ1) is 31.6. The molecular weight excluding hydrogens is 769 g/mol. The summed E-state index contributed by atoms with van der Waals surface area (Å²) in [5, 5.41) is 0. The Morgan fingerprint density at radius 3 is 1.08 bits per heavy atom. The van der Waals surface area contributed by atoms with Crippen LogP contribution in [-0.4, -0.2) is 0 Å². The molecule has 0 spiro atoms. The highest BCUT2D eigenvalue weighted by molar-refractivity contribution is 5.85. The molecule has 0 atom stereocenters. The Kier molecular flexibility index (Phi) is 21.6. The van der Waals surface area contributed by atoms with Crippen molar-refractivity contribution in [2.24, 2.45) is 0 Å². The molecule has 0 saturated heterocycles. The van der Waals surface area contributed by atoms with Crippen LogP contribution in [0.4, 0.5) is 0 Å². The molecule has 0 heteroatoms. The van der Waals surface area contributed by atoms with Gasteiger partial charge in [0.1, 0.15) is 0 Å². The largest absolute Gasteiger partial charge is 0.0877 e. The second kappa shape index (κ2) is 27.8. The fourth-order valence-corrected chi connectivity index (χ4v) is 7.23. The summed E-state index contributed by atoms with van der Waals surface area (Å²) in [6.07, 6.45) is 11.8. The minimum absolute atomic E-state index is 1.02. The molecule has 1 aliphatic rings. The van der Waals surface area contributed by atoms with Crippen LogP contribution in [0.15, 0.2) is 237 Å². The average molecular weight is 837 g/mol. The number of aryl methyl sites for hydroxylation is 2. The van der Waals surface area contributed by atoms with Crippen LogP contribution in [0.25, 0.3) is 61.2 Å². The van der Waals surface area contributed by atoms with Gasteiger partial charge in [0.2, 0.25) is 0 Å². The third-order valence-electron chi connectivity index (χ3n) is 10.4. The van der Waals surface area contributed by atoms with E-state index in [-0.39, 0.29) is 0 Å². The van der Waals surface area contributed by atoms with Crippen LogP contribution in [0.2, 0.25) is 0 Å². The highest BCUT2D eigenvalue weighted by Gasteiger charge is 2.16. The van der Waals surface area contributed by atoms with Gasteiger partial charge in [-0.25, -0.2) is 0 Å². The fourth-order valence-electron chi connectivity index (χ4n) is 7.23. The van der Waals surface area contributed by atoms with E-state index in [0.717, 1.165) is 6.42 Å². The molecule has 0 nitrogen and oxygen atoms in total. The van der Waals surface area contributed by atoms with Crippen LogP contribution in [0.3, 0.4) is 0 Å². The molecule has 0 radical (unpaired) electrons. The van der Waals surface area contributed by atoms with E-state index in [0.29, 0.717) is 0 Å². The van der Waals surface area contributed by atoms with Gasteiger partial charge in [-0.15, -0.1) is 0 Å². The van der Waals surface area contributed by atoms with E-state index < -0.39 is 0 Å². The van der Waals surface area contributed by atoms with E-state index in [4.69, 9.17) is 0 Å². The maximum atomic E-state index is 2.32. The topological polar surface area (TPSA) is 0 Å². The molecule has 0 aliphatic heterocycles. The predicted molar refractivity (Wildman–Crippen MR) is 286 cm³/mol. The molecule has 324 valence electrons. The highest BCUT2D eigenvalue weighted by Crippen LogP contribution is 2.36. The van der Waals surface area contributed by atoms with Gasteiger partial charge in [0, 0.05) is 0 Å². The normalized spacial score (nSPS) is 10.8. The summed E-state index contributed by atoms with van der Waals surface area (Å²) >= 11 is 0. The summed E-state index contributed by atoms with van der Waals surface area (Å²) in [5.41, 5.74) is 19.5. The summed E-state index contributed by atoms with van der Waals surface area (Å²) in [4.78, 5) is 0. The van der Waals surface area contributed by atoms with Gasteiger partial charge in [-0.05, 0) is 112 Å². The lowest BCUT2D eigenvalue weighted by Gasteiger charge is -2.10. The van der Waals surface area contributed by atoms with E-state index in [2.05, 4.69) is 232 Å². The molecule has 0 aromatic heterocycles. The van der Waals surface area contributed by atoms with Crippen molar-refractivity contribution in [1.82, 2.24) is 0 Å². The van der Waals surface area contributed by atoms with Crippen molar-refractivity contribution in [3.63, 3.8) is 0 Å². The number of fused-ring (bicyclic) bond motifs is 1. The molecule has 8 aromatic rings. The Labute approximate surface area is 387 Å². The van der Waals surface area contributed by atoms with Crippen LogP contribution < -0.4 is 0 Å². The molecule has 64 heavy (non-hydrogen) atoms. The van der Waals surface area contributed by atoms with Crippen molar-refractivity contribution < 1.29 is 0 Å². The van der Waals surface area contributed by atoms with Crippen molar-refractivity contribution >= 4 is 5.57 Å². The Bertz CT molecular complexity index is 2550. The van der Waals surface area contributed by atoms with E-state index in [1.54, 1.807) is 0 Å². The highest BCUT2D eigenvalue weighted by atomic mass is 14.2. The minimum atomic E-state index is 1.02. The molecule has 0 bridgehead atoms. The molecular formula is C64H68. The quantitative estimate of drug-likeness (QED) is 0.140. The van der Waals surface area contributed by atoms with E-state index in [9.17, 15) is 0 Å². The number of benzene rings is 8. The summed E-state index contributed by atoms with van der Waals surface area (Å²) < 4.78 is 0. The van der Waals surface area contributed by atoms with Gasteiger partial charge in [0.05, 0.1) is 0 Å². The molecule has 0 heterocycles. The first-order valence-electron chi connectivity index (χ1n) is 23.2. The molecule has 0 N–H and O–H groups in total. The molecule has 0 unspecified atom stereocenters. The van der Waals surface area contributed by atoms with Gasteiger partial charge in [-0.3, -0.25) is 0 Å². The van der Waals surface area contributed by atoms with Crippen LogP contribution in [-0.2, 0) is 6.42 Å². The summed E-state index contributed by atoms with van der Waals surface area (Å²) in [7, 11) is 0. The zero-order chi connectivity index (χ0) is 45.9. The van der Waals surface area contributed by atoms with Crippen LogP contribution in [0.5, 0.6) is 0 Å². The van der Waals surface area contributed by atoms with Crippen molar-refractivity contribution in [2.45, 2.75) is 68.7 Å². The summed E-state index contributed by atoms with van der Waals surface area (Å²) in [5.74, 6) is 0. The van der Waals surface area contributed by atoms with Gasteiger partial charge in [0.15, 0.2) is 0 Å². The second-order valence-electron chi connectivity index (χ2n) is 14.6. The molecule has 0 amide bonds. The maximum absolute atomic E-state index is 2.32. The second-order valence-corrected chi connectivity index (χ2v) is 14.6. The lowest BCUT2D eigenvalue weighted by molar-refractivity contribution is 1.31. The van der Waals surface area contributed by atoms with Gasteiger partial charge in [0.25, 0.3) is 0 Å². The van der Waals surface area contributed by atoms with Crippen LogP contribution >= 0.6 is 0 Å². The number of allylic oxidation sites excluding steroid dienone is 6. The monoisotopic (exact) mass is 837 g/mol. The Balaban J connectivity index is 0.000000199. The number of rotatable bonds is 7. The van der Waals surface area contributed by atoms with Crippen molar-refractivity contribution in [2.75, 3.05) is 0 Å². The lowest BCUT2D eigenvalue weighted by atomic mass is 9.94. The zero-order valence-corrected chi connectivity index (χ0v) is 39.7. The summed E-state index contributed by atoms with van der Waals surface area (Å²) in [6, 6.07) is 72.9. The Hall–Kier alpha value is -7.02. The first kappa shape index (κ1) is 49.6. The van der Waals surface area contributed by atoms with Gasteiger partial charge in [-0.2, -0.15) is 0 Å². The zero-order valence-electron chi connectivity index (χ0n) is 39.7. The van der Waals surface area contributed by atoms with E-state index in [1.165, 1.54) is 83.5 Å². The van der Waals surface area contributed by atoms with E-state index >= 15 is 0 Å². The molecule has 0 saturated carbocycles. The molecule has 9 rings (SSSR count). The smallest absolute Gasteiger partial charge is 0.00759 e. The SMILES string of the molecule is C/C=C\C=C/C1=CCc2c1cccc2-c1ccc(C)cc1.CC.CC.CC.Cc1ccc(-c2cccc(-c3ccccc3)c2)cc1.c1ccc(-c2cccc(-c3ccccc3)c2)cc1. The minimum Gasteiger partial charge on any atom is -0.0877 e. The van der Waals surface area contributed by atoms with Gasteiger partial charge >= 0.3 is 0 Å². The van der Waals surface area contributed by atoms with Gasteiger partial charge < -0.3 is 0 Å². The molecule has 8 aromatic carbocycles. The van der Waals surface area contributed by atoms with Gasteiger partial charge in [-0.1, -0.05) is 277 Å². The molecule has 0 fully saturated rings. The first-order valence-corrected chi connectivity index (χ1v) is 23.2. The standard InChI is InChI=1S/C21H20.C19H16.C18H14.3C2H6/c1-3-4-5-7-17-14-15-21-19(17)8-6-9-20(21)18-12-10-16(2)11-13-18;1-15-10-12-17(13-11-15)19-9-5-8-18(14-19)16-6-3-2-4-7-16;1-3-8-15(9-4-1)17-12-7-13-18(14-17)16-10-5-2-6-11-16;3*1-2/h3-14H,15H2,1-2H3;2-14H,1H3;1-14H;3*1-2H3/b4-3-,7-5-;;;;;. The Morgan fingerprint density at radius 1 is 0.328 bits per heavy atom. The predicted octanol–water partition coefficient (Wildman–Crippen LogP) is 19.2. The van der Waals surface area contributed by atoms with Crippen LogP contribution in [0, 0.1) is 13.8 Å². The third-order valence-corrected chi connectivity index (χ3v) is 10.4. The van der Waals surface area contributed by atoms with E-state index in [1.807, 2.05) is 66.7 Å². The Morgan fingerprint density at radius 2 is 0.672 bits per heavy atom. The lowest BCUT2D eigenvalue weighted by Crippen LogP contribution is -1.89. The van der Waals surface area contributed by atoms with Crippen LogP contribution in [0.1, 0.15) is 70.7 Å². The summed E-state index contributed by atoms with van der Waals surface area (Å²) in [6.45, 7) is 18.3. The average Bonchev–Trinajstić information content (AvgIpc) is 3.81. The fraction of sp³-hybridized carbons (Fsp3) is 0.156. The number of hydrogen-bond donors (Lipinski definition) is 0. The van der Waals surface area contributed by atoms with Crippen molar-refractivity contribution in [3.05, 3.63) is 259 Å². The third kappa shape index (κ3) is 14.5.